The molecule has 0 saturated carbocycles. The molecule has 0 fully saturated rings. The normalized spacial score (nSPS) is 10.6. The van der Waals surface area contributed by atoms with Crippen LogP contribution in [0.3, 0.4) is 0 Å². The van der Waals surface area contributed by atoms with Gasteiger partial charge in [-0.15, -0.1) is 34.3 Å². The molecule has 4 heteroatoms. The Labute approximate surface area is 90.0 Å². The lowest BCUT2D eigenvalue weighted by atomic mass is 10.3. The van der Waals surface area contributed by atoms with Gasteiger partial charge >= 0.3 is 0 Å². The molecule has 13 heavy (non-hydrogen) atoms. The zero-order chi connectivity index (χ0) is 9.26. The van der Waals surface area contributed by atoms with Crippen LogP contribution in [0.1, 0.15) is 11.3 Å². The minimum atomic E-state index is 0.501. The van der Waals surface area contributed by atoms with Crippen molar-refractivity contribution >= 4 is 34.3 Å². The Morgan fingerprint density at radius 2 is 2.31 bits per heavy atom. The van der Waals surface area contributed by atoms with Gasteiger partial charge in [-0.1, -0.05) is 0 Å². The summed E-state index contributed by atoms with van der Waals surface area (Å²) in [5.41, 5.74) is 2.26. The molecule has 0 spiro atoms. The van der Waals surface area contributed by atoms with E-state index in [4.69, 9.17) is 11.6 Å². The molecule has 0 aliphatic heterocycles. The van der Waals surface area contributed by atoms with Crippen molar-refractivity contribution in [3.63, 3.8) is 0 Å². The smallest absolute Gasteiger partial charge is 0.133 e. The van der Waals surface area contributed by atoms with Crippen LogP contribution >= 0.6 is 34.3 Å². The number of hydrogen-bond donors (Lipinski definition) is 0. The number of alkyl halides is 1. The predicted molar refractivity (Wildman–Crippen MR) is 59.7 cm³/mol. The van der Waals surface area contributed by atoms with Crippen molar-refractivity contribution in [2.24, 2.45) is 0 Å². The van der Waals surface area contributed by atoms with Gasteiger partial charge in [0.2, 0.25) is 0 Å². The lowest BCUT2D eigenvalue weighted by Gasteiger charge is -1.91. The van der Waals surface area contributed by atoms with E-state index in [1.54, 1.807) is 22.7 Å². The van der Waals surface area contributed by atoms with Crippen LogP contribution in [0.25, 0.3) is 9.88 Å². The summed E-state index contributed by atoms with van der Waals surface area (Å²) in [6.07, 6.45) is 0. The molecular weight excluding hydrogens is 222 g/mol. The minimum Gasteiger partial charge on any atom is -0.239 e. The maximum absolute atomic E-state index is 5.69. The number of thiazole rings is 1. The number of nitrogens with zero attached hydrogens (tertiary/aromatic N) is 1. The predicted octanol–water partition coefficient (Wildman–Crippen LogP) is 3.92. The number of thiophene rings is 1. The summed E-state index contributed by atoms with van der Waals surface area (Å²) in [6.45, 7) is 2.10. The Balaban J connectivity index is 2.41. The molecule has 0 bridgehead atoms. The van der Waals surface area contributed by atoms with Crippen LogP contribution in [0.2, 0.25) is 0 Å². The van der Waals surface area contributed by atoms with E-state index in [1.807, 2.05) is 5.38 Å². The SMILES string of the molecule is Cc1ccsc1-c1nc(CCl)cs1. The molecule has 0 aromatic carbocycles. The third kappa shape index (κ3) is 1.77. The zero-order valence-electron chi connectivity index (χ0n) is 7.08. The van der Waals surface area contributed by atoms with Gasteiger partial charge in [-0.05, 0) is 23.9 Å². The molecule has 0 aliphatic rings. The summed E-state index contributed by atoms with van der Waals surface area (Å²) in [5, 5.41) is 5.19. The second-order valence-electron chi connectivity index (χ2n) is 2.71. The third-order valence-corrected chi connectivity index (χ3v) is 4.08. The lowest BCUT2D eigenvalue weighted by Crippen LogP contribution is -1.77. The van der Waals surface area contributed by atoms with E-state index >= 15 is 0 Å². The van der Waals surface area contributed by atoms with E-state index in [0.717, 1.165) is 10.7 Å². The topological polar surface area (TPSA) is 12.9 Å². The average Bonchev–Trinajstić information content (AvgIpc) is 2.71. The average molecular weight is 230 g/mol. The molecule has 2 aromatic rings. The number of aromatic nitrogens is 1. The largest absolute Gasteiger partial charge is 0.239 e. The number of halogens is 1. The van der Waals surface area contributed by atoms with Crippen molar-refractivity contribution in [3.8, 4) is 9.88 Å². The van der Waals surface area contributed by atoms with Crippen molar-refractivity contribution in [1.29, 1.82) is 0 Å². The van der Waals surface area contributed by atoms with Crippen LogP contribution in [-0.2, 0) is 5.88 Å². The molecule has 1 nitrogen and oxygen atoms in total. The highest BCUT2D eigenvalue weighted by atomic mass is 35.5. The van der Waals surface area contributed by atoms with E-state index < -0.39 is 0 Å². The van der Waals surface area contributed by atoms with Gasteiger partial charge in [-0.25, -0.2) is 4.98 Å². The highest BCUT2D eigenvalue weighted by Crippen LogP contribution is 2.31. The molecule has 0 atom stereocenters. The van der Waals surface area contributed by atoms with E-state index in [-0.39, 0.29) is 0 Å². The first-order valence-corrected chi connectivity index (χ1v) is 6.15. The van der Waals surface area contributed by atoms with E-state index in [9.17, 15) is 0 Å². The van der Waals surface area contributed by atoms with Gasteiger partial charge < -0.3 is 0 Å². The molecule has 0 unspecified atom stereocenters. The molecule has 0 aliphatic carbocycles. The number of rotatable bonds is 2. The first-order chi connectivity index (χ1) is 6.31. The minimum absolute atomic E-state index is 0.501. The van der Waals surface area contributed by atoms with Crippen LogP contribution in [-0.4, -0.2) is 4.98 Å². The highest BCUT2D eigenvalue weighted by molar-refractivity contribution is 7.20. The summed E-state index contributed by atoms with van der Waals surface area (Å²) in [7, 11) is 0. The van der Waals surface area contributed by atoms with E-state index in [1.165, 1.54) is 10.4 Å². The second-order valence-corrected chi connectivity index (χ2v) is 4.75. The molecule has 2 rings (SSSR count). The lowest BCUT2D eigenvalue weighted by molar-refractivity contribution is 1.23. The first-order valence-electron chi connectivity index (χ1n) is 3.86. The summed E-state index contributed by atoms with van der Waals surface area (Å²) in [4.78, 5) is 5.69. The standard InChI is InChI=1S/C9H8ClNS2/c1-6-2-3-12-8(6)9-11-7(4-10)5-13-9/h2-3,5H,4H2,1H3. The van der Waals surface area contributed by atoms with Gasteiger partial charge in [0.25, 0.3) is 0 Å². The van der Waals surface area contributed by atoms with E-state index in [2.05, 4.69) is 23.4 Å². The van der Waals surface area contributed by atoms with Crippen LogP contribution in [0, 0.1) is 6.92 Å². The molecule has 0 radical (unpaired) electrons. The molecule has 68 valence electrons. The third-order valence-electron chi connectivity index (χ3n) is 1.74. The maximum Gasteiger partial charge on any atom is 0.133 e. The fourth-order valence-corrected chi connectivity index (χ4v) is 3.21. The number of aryl methyl sites for hydroxylation is 1. The molecular formula is C9H8ClNS2. The monoisotopic (exact) mass is 229 g/mol. The van der Waals surface area contributed by atoms with Crippen LogP contribution in [0.4, 0.5) is 0 Å². The molecule has 2 heterocycles. The second kappa shape index (κ2) is 3.78. The fraction of sp³-hybridized carbons (Fsp3) is 0.222. The van der Waals surface area contributed by atoms with Crippen molar-refractivity contribution in [3.05, 3.63) is 28.1 Å². The molecule has 0 amide bonds. The van der Waals surface area contributed by atoms with Gasteiger partial charge in [-0.3, -0.25) is 0 Å². The van der Waals surface area contributed by atoms with Gasteiger partial charge in [0, 0.05) is 5.38 Å². The van der Waals surface area contributed by atoms with Crippen molar-refractivity contribution in [2.75, 3.05) is 0 Å². The fourth-order valence-electron chi connectivity index (χ4n) is 1.06. The zero-order valence-corrected chi connectivity index (χ0v) is 9.47. The van der Waals surface area contributed by atoms with Crippen LogP contribution < -0.4 is 0 Å². The molecule has 0 saturated heterocycles. The van der Waals surface area contributed by atoms with Gasteiger partial charge in [0.05, 0.1) is 16.5 Å². The van der Waals surface area contributed by atoms with Crippen LogP contribution in [0.15, 0.2) is 16.8 Å². The van der Waals surface area contributed by atoms with E-state index in [0.29, 0.717) is 5.88 Å². The van der Waals surface area contributed by atoms with Crippen LogP contribution in [0.5, 0.6) is 0 Å². The Morgan fingerprint density at radius 1 is 1.46 bits per heavy atom. The quantitative estimate of drug-likeness (QED) is 0.712. The highest BCUT2D eigenvalue weighted by Gasteiger charge is 2.07. The summed E-state index contributed by atoms with van der Waals surface area (Å²) < 4.78 is 0. The van der Waals surface area contributed by atoms with Crippen molar-refractivity contribution in [2.45, 2.75) is 12.8 Å². The Kier molecular flexibility index (Phi) is 2.67. The summed E-state index contributed by atoms with van der Waals surface area (Å²) >= 11 is 9.08. The van der Waals surface area contributed by atoms with Gasteiger partial charge in [0.15, 0.2) is 0 Å². The summed E-state index contributed by atoms with van der Waals surface area (Å²) in [5.74, 6) is 0.501. The number of hydrogen-bond acceptors (Lipinski definition) is 3. The van der Waals surface area contributed by atoms with Gasteiger partial charge in [-0.2, -0.15) is 0 Å². The Hall–Kier alpha value is -0.380. The van der Waals surface area contributed by atoms with Crippen molar-refractivity contribution in [1.82, 2.24) is 4.98 Å². The molecule has 2 aromatic heterocycles. The Morgan fingerprint density at radius 3 is 2.85 bits per heavy atom. The maximum atomic E-state index is 5.69. The van der Waals surface area contributed by atoms with Gasteiger partial charge in [0.1, 0.15) is 5.01 Å². The summed E-state index contributed by atoms with van der Waals surface area (Å²) in [6, 6.07) is 2.11. The Bertz CT molecular complexity index is 405. The molecule has 0 N–H and O–H groups in total. The first kappa shape index (κ1) is 9.19. The van der Waals surface area contributed by atoms with Crippen molar-refractivity contribution < 1.29 is 0 Å².